The molecular formula is C17H24N2O3. The van der Waals surface area contributed by atoms with Crippen molar-refractivity contribution in [2.75, 3.05) is 32.8 Å². The van der Waals surface area contributed by atoms with Crippen LogP contribution in [0.25, 0.3) is 0 Å². The number of likely N-dealkylation sites (tertiary alicyclic amines) is 1. The summed E-state index contributed by atoms with van der Waals surface area (Å²) in [6.45, 7) is 6.67. The van der Waals surface area contributed by atoms with E-state index < -0.39 is 0 Å². The second-order valence-electron chi connectivity index (χ2n) is 6.10. The molecule has 1 aromatic rings. The molecule has 2 heterocycles. The highest BCUT2D eigenvalue weighted by atomic mass is 16.6. The smallest absolute Gasteiger partial charge is 0.216 e. The third kappa shape index (κ3) is 3.71. The van der Waals surface area contributed by atoms with Crippen LogP contribution in [0.4, 0.5) is 0 Å². The van der Waals surface area contributed by atoms with Crippen LogP contribution in [0.1, 0.15) is 25.3 Å². The van der Waals surface area contributed by atoms with Gasteiger partial charge in [-0.2, -0.15) is 0 Å². The lowest BCUT2D eigenvalue weighted by Crippen LogP contribution is -2.38. The molecule has 1 aromatic carbocycles. The highest BCUT2D eigenvalue weighted by Gasteiger charge is 2.22. The molecule has 1 N–H and O–H groups in total. The van der Waals surface area contributed by atoms with Crippen LogP contribution in [-0.4, -0.2) is 43.7 Å². The van der Waals surface area contributed by atoms with Gasteiger partial charge in [-0.15, -0.1) is 0 Å². The summed E-state index contributed by atoms with van der Waals surface area (Å²) in [7, 11) is 0. The van der Waals surface area contributed by atoms with Crippen molar-refractivity contribution in [3.63, 3.8) is 0 Å². The van der Waals surface area contributed by atoms with E-state index >= 15 is 0 Å². The maximum Gasteiger partial charge on any atom is 0.216 e. The zero-order valence-electron chi connectivity index (χ0n) is 13.1. The van der Waals surface area contributed by atoms with Gasteiger partial charge in [0.25, 0.3) is 0 Å². The number of hydrogen-bond donors (Lipinski definition) is 1. The molecule has 22 heavy (non-hydrogen) atoms. The first-order valence-electron chi connectivity index (χ1n) is 8.06. The van der Waals surface area contributed by atoms with Crippen molar-refractivity contribution in [3.05, 3.63) is 23.8 Å². The lowest BCUT2D eigenvalue weighted by Gasteiger charge is -2.32. The van der Waals surface area contributed by atoms with Crippen LogP contribution in [0, 0.1) is 5.92 Å². The number of nitrogens with zero attached hydrogens (tertiary/aromatic N) is 1. The molecule has 1 fully saturated rings. The third-order valence-corrected chi connectivity index (χ3v) is 4.39. The largest absolute Gasteiger partial charge is 0.486 e. The summed E-state index contributed by atoms with van der Waals surface area (Å²) >= 11 is 0. The number of piperidine rings is 1. The van der Waals surface area contributed by atoms with E-state index in [-0.39, 0.29) is 5.91 Å². The van der Waals surface area contributed by atoms with Gasteiger partial charge in [-0.25, -0.2) is 0 Å². The van der Waals surface area contributed by atoms with E-state index in [0.29, 0.717) is 19.1 Å². The second kappa shape index (κ2) is 7.01. The van der Waals surface area contributed by atoms with Crippen molar-refractivity contribution in [3.8, 4) is 11.5 Å². The van der Waals surface area contributed by atoms with E-state index in [9.17, 15) is 4.79 Å². The summed E-state index contributed by atoms with van der Waals surface area (Å²) in [4.78, 5) is 13.4. The van der Waals surface area contributed by atoms with Gasteiger partial charge < -0.3 is 14.8 Å². The third-order valence-electron chi connectivity index (χ3n) is 4.39. The Bertz CT molecular complexity index is 525. The van der Waals surface area contributed by atoms with Gasteiger partial charge in [0.15, 0.2) is 11.5 Å². The van der Waals surface area contributed by atoms with Gasteiger partial charge in [0.05, 0.1) is 0 Å². The van der Waals surface area contributed by atoms with E-state index in [4.69, 9.17) is 9.47 Å². The minimum absolute atomic E-state index is 0.0653. The van der Waals surface area contributed by atoms with Crippen molar-refractivity contribution in [1.82, 2.24) is 10.2 Å². The van der Waals surface area contributed by atoms with Crippen molar-refractivity contribution in [1.29, 1.82) is 0 Å². The molecule has 3 rings (SSSR count). The topological polar surface area (TPSA) is 50.8 Å². The van der Waals surface area contributed by atoms with E-state index in [1.165, 1.54) is 5.56 Å². The molecule has 0 saturated carbocycles. The number of nitrogens with one attached hydrogen (secondary N) is 1. The van der Waals surface area contributed by atoms with Crippen LogP contribution in [-0.2, 0) is 11.3 Å². The number of benzene rings is 1. The summed E-state index contributed by atoms with van der Waals surface area (Å²) in [6.07, 6.45) is 2.26. The number of ether oxygens (including phenoxy) is 2. The van der Waals surface area contributed by atoms with Gasteiger partial charge in [-0.1, -0.05) is 12.1 Å². The Morgan fingerprint density at radius 3 is 2.82 bits per heavy atom. The highest BCUT2D eigenvalue weighted by molar-refractivity contribution is 5.72. The maximum absolute atomic E-state index is 11.0. The van der Waals surface area contributed by atoms with Crippen LogP contribution in [0.2, 0.25) is 0 Å². The van der Waals surface area contributed by atoms with Crippen molar-refractivity contribution in [2.45, 2.75) is 26.3 Å². The van der Waals surface area contributed by atoms with E-state index in [2.05, 4.69) is 16.3 Å². The van der Waals surface area contributed by atoms with Crippen molar-refractivity contribution >= 4 is 5.91 Å². The predicted molar refractivity (Wildman–Crippen MR) is 84.1 cm³/mol. The van der Waals surface area contributed by atoms with E-state index in [1.54, 1.807) is 6.92 Å². The lowest BCUT2D eigenvalue weighted by molar-refractivity contribution is -0.119. The highest BCUT2D eigenvalue weighted by Crippen LogP contribution is 2.34. The zero-order valence-corrected chi connectivity index (χ0v) is 13.1. The van der Waals surface area contributed by atoms with Crippen LogP contribution >= 0.6 is 0 Å². The van der Waals surface area contributed by atoms with Crippen LogP contribution in [0.15, 0.2) is 18.2 Å². The number of carbonyl (C=O) groups excluding carboxylic acids is 1. The first-order valence-corrected chi connectivity index (χ1v) is 8.06. The molecule has 0 unspecified atom stereocenters. The van der Waals surface area contributed by atoms with Crippen molar-refractivity contribution < 1.29 is 14.3 Å². The second-order valence-corrected chi connectivity index (χ2v) is 6.10. The standard InChI is InChI=1S/C17H24N2O3/c1-13(20)18-11-14-5-7-19(8-6-14)12-15-3-2-4-16-17(15)22-10-9-21-16/h2-4,14H,5-12H2,1H3,(H,18,20). The molecule has 0 aromatic heterocycles. The molecule has 120 valence electrons. The molecule has 0 atom stereocenters. The van der Waals surface area contributed by atoms with Crippen LogP contribution in [0.3, 0.4) is 0 Å². The zero-order chi connectivity index (χ0) is 15.4. The average Bonchev–Trinajstić information content (AvgIpc) is 2.54. The summed E-state index contributed by atoms with van der Waals surface area (Å²) in [6, 6.07) is 6.13. The van der Waals surface area contributed by atoms with Crippen LogP contribution < -0.4 is 14.8 Å². The summed E-state index contributed by atoms with van der Waals surface area (Å²) in [5.41, 5.74) is 1.21. The monoisotopic (exact) mass is 304 g/mol. The average molecular weight is 304 g/mol. The molecule has 0 bridgehead atoms. The fraction of sp³-hybridized carbons (Fsp3) is 0.588. The number of hydrogen-bond acceptors (Lipinski definition) is 4. The van der Waals surface area contributed by atoms with Gasteiger partial charge in [0, 0.05) is 25.6 Å². The summed E-state index contributed by atoms with van der Waals surface area (Å²) in [5, 5.41) is 2.93. The van der Waals surface area contributed by atoms with Gasteiger partial charge in [-0.05, 0) is 37.9 Å². The quantitative estimate of drug-likeness (QED) is 0.921. The minimum atomic E-state index is 0.0653. The Morgan fingerprint density at radius 2 is 2.05 bits per heavy atom. The Morgan fingerprint density at radius 1 is 1.27 bits per heavy atom. The van der Waals surface area contributed by atoms with Gasteiger partial charge in [0.2, 0.25) is 5.91 Å². The Kier molecular flexibility index (Phi) is 4.83. The van der Waals surface area contributed by atoms with Gasteiger partial charge in [-0.3, -0.25) is 9.69 Å². The molecular weight excluding hydrogens is 280 g/mol. The van der Waals surface area contributed by atoms with Crippen molar-refractivity contribution in [2.24, 2.45) is 5.92 Å². The fourth-order valence-corrected chi connectivity index (χ4v) is 3.14. The molecule has 5 nitrogen and oxygen atoms in total. The number of carbonyl (C=O) groups is 1. The van der Waals surface area contributed by atoms with Gasteiger partial charge >= 0.3 is 0 Å². The summed E-state index contributed by atoms with van der Waals surface area (Å²) in [5.74, 6) is 2.44. The number of amides is 1. The van der Waals surface area contributed by atoms with Gasteiger partial charge in [0.1, 0.15) is 13.2 Å². The van der Waals surface area contributed by atoms with E-state index in [0.717, 1.165) is 50.5 Å². The first-order chi connectivity index (χ1) is 10.7. The van der Waals surface area contributed by atoms with Crippen LogP contribution in [0.5, 0.6) is 11.5 Å². The molecule has 5 heteroatoms. The molecule has 0 aliphatic carbocycles. The molecule has 0 radical (unpaired) electrons. The molecule has 0 spiro atoms. The van der Waals surface area contributed by atoms with E-state index in [1.807, 2.05) is 12.1 Å². The Labute approximate surface area is 131 Å². The number of fused-ring (bicyclic) bond motifs is 1. The molecule has 1 amide bonds. The molecule has 2 aliphatic heterocycles. The predicted octanol–water partition coefficient (Wildman–Crippen LogP) is 1.81. The maximum atomic E-state index is 11.0. The first kappa shape index (κ1) is 15.2. The summed E-state index contributed by atoms with van der Waals surface area (Å²) < 4.78 is 11.4. The Balaban J connectivity index is 1.54. The molecule has 1 saturated heterocycles. The minimum Gasteiger partial charge on any atom is -0.486 e. The lowest BCUT2D eigenvalue weighted by atomic mass is 9.96. The Hall–Kier alpha value is -1.75. The number of rotatable bonds is 4. The molecule has 2 aliphatic rings. The normalized spacial score (nSPS) is 19.0. The fourth-order valence-electron chi connectivity index (χ4n) is 3.14. The SMILES string of the molecule is CC(=O)NCC1CCN(Cc2cccc3c2OCCO3)CC1. The number of para-hydroxylation sites is 1.